The van der Waals surface area contributed by atoms with Gasteiger partial charge in [0.1, 0.15) is 11.9 Å². The number of imidazole rings is 1. The van der Waals surface area contributed by atoms with E-state index >= 15 is 0 Å². The van der Waals surface area contributed by atoms with Gasteiger partial charge < -0.3 is 14.6 Å². The molecule has 2 saturated heterocycles. The van der Waals surface area contributed by atoms with Crippen molar-refractivity contribution in [3.63, 3.8) is 0 Å². The first kappa shape index (κ1) is 20.5. The minimum absolute atomic E-state index is 0.0229. The zero-order valence-electron chi connectivity index (χ0n) is 18.2. The fourth-order valence-electron chi connectivity index (χ4n) is 4.95. The summed E-state index contributed by atoms with van der Waals surface area (Å²) in [6.45, 7) is 3.37. The summed E-state index contributed by atoms with van der Waals surface area (Å²) in [5.74, 6) is 0.984. The van der Waals surface area contributed by atoms with Crippen LogP contribution in [0.5, 0.6) is 0 Å². The fourth-order valence-corrected chi connectivity index (χ4v) is 4.95. The molecule has 3 heterocycles. The molecule has 2 fully saturated rings. The maximum absolute atomic E-state index is 12.8. The third-order valence-corrected chi connectivity index (χ3v) is 6.67. The Labute approximate surface area is 187 Å². The zero-order valence-corrected chi connectivity index (χ0v) is 18.2. The molecule has 7 nitrogen and oxygen atoms in total. The number of aromatic amines is 1. The number of benzene rings is 2. The highest BCUT2D eigenvalue weighted by Crippen LogP contribution is 2.35. The summed E-state index contributed by atoms with van der Waals surface area (Å²) in [4.78, 5) is 37.0. The average molecular weight is 433 g/mol. The molecule has 0 bridgehead atoms. The highest BCUT2D eigenvalue weighted by atomic mass is 16.6. The second kappa shape index (κ2) is 8.65. The quantitative estimate of drug-likeness (QED) is 0.659. The van der Waals surface area contributed by atoms with E-state index in [0.717, 1.165) is 35.3 Å². The van der Waals surface area contributed by atoms with Crippen LogP contribution in [0.25, 0.3) is 11.0 Å². The predicted molar refractivity (Wildman–Crippen MR) is 121 cm³/mol. The number of likely N-dealkylation sites (tertiary alicyclic amines) is 1. The van der Waals surface area contributed by atoms with Crippen molar-refractivity contribution in [2.75, 3.05) is 13.1 Å². The van der Waals surface area contributed by atoms with E-state index in [2.05, 4.69) is 9.97 Å². The summed E-state index contributed by atoms with van der Waals surface area (Å²) < 4.78 is 5.71. The molecule has 166 valence electrons. The third kappa shape index (κ3) is 3.95. The molecule has 0 radical (unpaired) electrons. The van der Waals surface area contributed by atoms with Crippen molar-refractivity contribution in [2.24, 2.45) is 0 Å². The first-order valence-corrected chi connectivity index (χ1v) is 11.4. The van der Waals surface area contributed by atoms with Gasteiger partial charge in [0, 0.05) is 32.0 Å². The number of carbonyl (C=O) groups is 2. The number of para-hydroxylation sites is 2. The first-order chi connectivity index (χ1) is 15.6. The van der Waals surface area contributed by atoms with Crippen molar-refractivity contribution < 1.29 is 14.3 Å². The van der Waals surface area contributed by atoms with Gasteiger partial charge in [0.15, 0.2) is 0 Å². The van der Waals surface area contributed by atoms with Gasteiger partial charge in [-0.1, -0.05) is 42.5 Å². The number of piperidine rings is 1. The number of aryl methyl sites for hydroxylation is 1. The van der Waals surface area contributed by atoms with Crippen LogP contribution in [0.15, 0.2) is 54.6 Å². The number of aromatic nitrogens is 2. The Hall–Kier alpha value is -3.35. The number of nitrogens with one attached hydrogen (secondary N) is 1. The van der Waals surface area contributed by atoms with Gasteiger partial charge in [-0.25, -0.2) is 9.78 Å². The summed E-state index contributed by atoms with van der Waals surface area (Å²) in [6, 6.07) is 17.9. The molecule has 7 heteroatoms. The van der Waals surface area contributed by atoms with Crippen LogP contribution < -0.4 is 0 Å². The number of hydrogen-bond acceptors (Lipinski definition) is 4. The van der Waals surface area contributed by atoms with Crippen molar-refractivity contribution in [3.8, 4) is 0 Å². The van der Waals surface area contributed by atoms with Crippen LogP contribution in [0, 0.1) is 0 Å². The van der Waals surface area contributed by atoms with Crippen molar-refractivity contribution in [1.82, 2.24) is 19.8 Å². The normalized spacial score (nSPS) is 21.8. The third-order valence-electron chi connectivity index (χ3n) is 6.67. The molecule has 0 aliphatic carbocycles. The molecule has 32 heavy (non-hydrogen) atoms. The summed E-state index contributed by atoms with van der Waals surface area (Å²) in [5.41, 5.74) is 2.95. The number of hydrogen-bond donors (Lipinski definition) is 1. The highest BCUT2D eigenvalue weighted by Gasteiger charge is 2.44. The number of amides is 2. The number of H-pyrrole nitrogens is 1. The topological polar surface area (TPSA) is 78.5 Å². The lowest BCUT2D eigenvalue weighted by Crippen LogP contribution is -2.49. The molecule has 2 atom stereocenters. The SMILES string of the molecule is CC1C(c2ccccc2)OC(=O)N1C1CCN(C(=O)CCc2nc3ccccc3[nH]2)CC1. The van der Waals surface area contributed by atoms with Crippen LogP contribution in [-0.2, 0) is 16.0 Å². The average Bonchev–Trinajstić information content (AvgIpc) is 3.38. The lowest BCUT2D eigenvalue weighted by molar-refractivity contribution is -0.132. The Morgan fingerprint density at radius 1 is 1.09 bits per heavy atom. The molecule has 1 aromatic heterocycles. The number of ether oxygens (including phenoxy) is 1. The summed E-state index contributed by atoms with van der Waals surface area (Å²) in [5, 5.41) is 0. The van der Waals surface area contributed by atoms with Gasteiger partial charge in [-0.15, -0.1) is 0 Å². The van der Waals surface area contributed by atoms with Crippen molar-refractivity contribution >= 4 is 23.0 Å². The molecule has 2 aromatic carbocycles. The Morgan fingerprint density at radius 2 is 1.81 bits per heavy atom. The molecule has 0 saturated carbocycles. The minimum Gasteiger partial charge on any atom is -0.439 e. The van der Waals surface area contributed by atoms with Crippen molar-refractivity contribution in [3.05, 3.63) is 66.0 Å². The van der Waals surface area contributed by atoms with Gasteiger partial charge in [0.2, 0.25) is 5.91 Å². The summed E-state index contributed by atoms with van der Waals surface area (Å²) in [6.07, 6.45) is 2.09. The fraction of sp³-hybridized carbons (Fsp3) is 0.400. The summed E-state index contributed by atoms with van der Waals surface area (Å²) in [7, 11) is 0. The Kier molecular flexibility index (Phi) is 5.55. The number of nitrogens with zero attached hydrogens (tertiary/aromatic N) is 3. The molecule has 2 amide bonds. The van der Waals surface area contributed by atoms with Gasteiger partial charge in [-0.3, -0.25) is 9.69 Å². The zero-order chi connectivity index (χ0) is 22.1. The Balaban J connectivity index is 1.15. The van der Waals surface area contributed by atoms with Gasteiger partial charge in [0.05, 0.1) is 17.1 Å². The van der Waals surface area contributed by atoms with E-state index in [9.17, 15) is 9.59 Å². The minimum atomic E-state index is -0.249. The van der Waals surface area contributed by atoms with E-state index < -0.39 is 0 Å². The van der Waals surface area contributed by atoms with E-state index in [1.165, 1.54) is 0 Å². The maximum Gasteiger partial charge on any atom is 0.411 e. The van der Waals surface area contributed by atoms with Crippen LogP contribution >= 0.6 is 0 Å². The van der Waals surface area contributed by atoms with Crippen molar-refractivity contribution in [1.29, 1.82) is 0 Å². The monoisotopic (exact) mass is 432 g/mol. The van der Waals surface area contributed by atoms with E-state index in [1.54, 1.807) is 0 Å². The van der Waals surface area contributed by atoms with Crippen LogP contribution in [0.2, 0.25) is 0 Å². The van der Waals surface area contributed by atoms with E-state index in [1.807, 2.05) is 71.3 Å². The standard InChI is InChI=1S/C25H28N4O3/c1-17-24(18-7-3-2-4-8-18)32-25(31)29(17)19-13-15-28(16-14-19)23(30)12-11-22-26-20-9-5-6-10-21(20)27-22/h2-10,17,19,24H,11-16H2,1H3,(H,26,27). The lowest BCUT2D eigenvalue weighted by Gasteiger charge is -2.37. The van der Waals surface area contributed by atoms with Gasteiger partial charge in [-0.2, -0.15) is 0 Å². The van der Waals surface area contributed by atoms with Gasteiger partial charge >= 0.3 is 6.09 Å². The second-order valence-electron chi connectivity index (χ2n) is 8.68. The summed E-state index contributed by atoms with van der Waals surface area (Å²) >= 11 is 0. The maximum atomic E-state index is 12.8. The number of rotatable bonds is 5. The van der Waals surface area contributed by atoms with E-state index in [4.69, 9.17) is 4.74 Å². The molecule has 3 aromatic rings. The molecule has 2 aliphatic heterocycles. The number of cyclic esters (lactones) is 1. The van der Waals surface area contributed by atoms with Crippen LogP contribution in [0.1, 0.15) is 43.7 Å². The molecule has 2 aliphatic rings. The first-order valence-electron chi connectivity index (χ1n) is 11.4. The highest BCUT2D eigenvalue weighted by molar-refractivity contribution is 5.77. The van der Waals surface area contributed by atoms with Crippen molar-refractivity contribution in [2.45, 2.75) is 50.8 Å². The Morgan fingerprint density at radius 3 is 2.56 bits per heavy atom. The largest absolute Gasteiger partial charge is 0.439 e. The molecule has 1 N–H and O–H groups in total. The Bertz CT molecular complexity index is 1070. The smallest absolute Gasteiger partial charge is 0.411 e. The van der Waals surface area contributed by atoms with Crippen LogP contribution in [0.4, 0.5) is 4.79 Å². The molecule has 5 rings (SSSR count). The van der Waals surface area contributed by atoms with E-state index in [0.29, 0.717) is 25.9 Å². The molecular weight excluding hydrogens is 404 g/mol. The number of fused-ring (bicyclic) bond motifs is 1. The van der Waals surface area contributed by atoms with Gasteiger partial charge in [0.25, 0.3) is 0 Å². The van der Waals surface area contributed by atoms with E-state index in [-0.39, 0.29) is 30.2 Å². The lowest BCUT2D eigenvalue weighted by atomic mass is 9.98. The molecular formula is C25H28N4O3. The van der Waals surface area contributed by atoms with Gasteiger partial charge in [-0.05, 0) is 37.5 Å². The second-order valence-corrected chi connectivity index (χ2v) is 8.68. The van der Waals surface area contributed by atoms with Crippen LogP contribution in [-0.4, -0.2) is 56.9 Å². The molecule has 2 unspecified atom stereocenters. The van der Waals surface area contributed by atoms with Crippen LogP contribution in [0.3, 0.4) is 0 Å². The predicted octanol–water partition coefficient (Wildman–Crippen LogP) is 4.07. The number of carbonyl (C=O) groups excluding carboxylic acids is 2. The molecule has 0 spiro atoms.